The van der Waals surface area contributed by atoms with Crippen LogP contribution in [0.2, 0.25) is 0 Å². The maximum atomic E-state index is 9.11. The van der Waals surface area contributed by atoms with Crippen molar-refractivity contribution in [2.45, 2.75) is 31.8 Å². The Morgan fingerprint density at radius 1 is 1.43 bits per heavy atom. The number of aliphatic hydroxyl groups is 1. The molecule has 1 aliphatic heterocycles. The van der Waals surface area contributed by atoms with Crippen LogP contribution in [-0.2, 0) is 0 Å². The van der Waals surface area contributed by atoms with Crippen molar-refractivity contribution in [3.63, 3.8) is 0 Å². The molecule has 6 nitrogen and oxygen atoms in total. The number of fused-ring (bicyclic) bond motifs is 1. The number of hydrogen-bond acceptors (Lipinski definition) is 6. The van der Waals surface area contributed by atoms with E-state index in [4.69, 9.17) is 25.1 Å². The molecule has 0 amide bonds. The summed E-state index contributed by atoms with van der Waals surface area (Å²) in [4.78, 5) is 0. The molecular weight excluding hydrogens is 272 g/mol. The molecule has 1 aromatic rings. The number of methoxy groups -OCH3 is 1. The molecule has 4 N–H and O–H groups in total. The molecule has 0 saturated heterocycles. The molecule has 0 aliphatic carbocycles. The fourth-order valence-corrected chi connectivity index (χ4v) is 2.50. The number of benzene rings is 1. The van der Waals surface area contributed by atoms with Crippen LogP contribution < -0.4 is 25.3 Å². The molecule has 2 atom stereocenters. The van der Waals surface area contributed by atoms with E-state index in [0.29, 0.717) is 30.2 Å². The molecule has 0 spiro atoms. The van der Waals surface area contributed by atoms with Gasteiger partial charge in [-0.2, -0.15) is 0 Å². The standard InChI is InChI=1S/C15H24N2O4/c1-3-11(4-5-18)17-12(8-16)10-6-13(19-2)15-14(7-10)20-9-21-15/h6-7,11-12,17-18H,3-5,8-9,16H2,1-2H3. The lowest BCUT2D eigenvalue weighted by Gasteiger charge is -2.24. The van der Waals surface area contributed by atoms with Gasteiger partial charge < -0.3 is 30.4 Å². The molecule has 2 unspecified atom stereocenters. The summed E-state index contributed by atoms with van der Waals surface area (Å²) in [5.74, 6) is 1.97. The van der Waals surface area contributed by atoms with Crippen molar-refractivity contribution in [1.29, 1.82) is 0 Å². The van der Waals surface area contributed by atoms with E-state index >= 15 is 0 Å². The van der Waals surface area contributed by atoms with Crippen LogP contribution in [0.4, 0.5) is 0 Å². The van der Waals surface area contributed by atoms with Crippen molar-refractivity contribution in [2.75, 3.05) is 27.1 Å². The minimum atomic E-state index is -0.0232. The average Bonchev–Trinajstić information content (AvgIpc) is 2.98. The first-order valence-electron chi connectivity index (χ1n) is 7.28. The van der Waals surface area contributed by atoms with E-state index in [-0.39, 0.29) is 25.5 Å². The second-order valence-electron chi connectivity index (χ2n) is 5.03. The maximum absolute atomic E-state index is 9.11. The lowest BCUT2D eigenvalue weighted by molar-refractivity contribution is 0.171. The van der Waals surface area contributed by atoms with E-state index in [2.05, 4.69) is 12.2 Å². The van der Waals surface area contributed by atoms with E-state index in [1.807, 2.05) is 12.1 Å². The SMILES string of the molecule is CCC(CCO)NC(CN)c1cc(OC)c2c(c1)OCO2. The van der Waals surface area contributed by atoms with Gasteiger partial charge in [-0.15, -0.1) is 0 Å². The Hall–Kier alpha value is -1.50. The van der Waals surface area contributed by atoms with Gasteiger partial charge in [0.25, 0.3) is 0 Å². The van der Waals surface area contributed by atoms with Crippen LogP contribution in [0.15, 0.2) is 12.1 Å². The fraction of sp³-hybridized carbons (Fsp3) is 0.600. The number of nitrogens with two attached hydrogens (primary N) is 1. The van der Waals surface area contributed by atoms with Gasteiger partial charge in [0.15, 0.2) is 11.5 Å². The summed E-state index contributed by atoms with van der Waals surface area (Å²) in [5, 5.41) is 12.6. The monoisotopic (exact) mass is 296 g/mol. The molecule has 6 heteroatoms. The highest BCUT2D eigenvalue weighted by molar-refractivity contribution is 5.55. The topological polar surface area (TPSA) is 86.0 Å². The third kappa shape index (κ3) is 3.58. The van der Waals surface area contributed by atoms with Crippen molar-refractivity contribution in [1.82, 2.24) is 5.32 Å². The van der Waals surface area contributed by atoms with Crippen molar-refractivity contribution < 1.29 is 19.3 Å². The molecule has 21 heavy (non-hydrogen) atoms. The summed E-state index contributed by atoms with van der Waals surface area (Å²) in [5.41, 5.74) is 6.90. The minimum Gasteiger partial charge on any atom is -0.493 e. The van der Waals surface area contributed by atoms with E-state index < -0.39 is 0 Å². The fourth-order valence-electron chi connectivity index (χ4n) is 2.50. The second-order valence-corrected chi connectivity index (χ2v) is 5.03. The first kappa shape index (κ1) is 15.9. The third-order valence-corrected chi connectivity index (χ3v) is 3.73. The minimum absolute atomic E-state index is 0.0232. The predicted molar refractivity (Wildman–Crippen MR) is 79.8 cm³/mol. The Bertz CT molecular complexity index is 467. The highest BCUT2D eigenvalue weighted by Gasteiger charge is 2.23. The zero-order valence-corrected chi connectivity index (χ0v) is 12.6. The molecule has 2 rings (SSSR count). The number of ether oxygens (including phenoxy) is 3. The molecule has 0 fully saturated rings. The summed E-state index contributed by atoms with van der Waals surface area (Å²) in [6, 6.07) is 4.05. The summed E-state index contributed by atoms with van der Waals surface area (Å²) < 4.78 is 16.2. The van der Waals surface area contributed by atoms with Crippen LogP contribution in [0.5, 0.6) is 17.2 Å². The molecule has 0 bridgehead atoms. The van der Waals surface area contributed by atoms with Gasteiger partial charge in [0.1, 0.15) is 0 Å². The van der Waals surface area contributed by atoms with Crippen LogP contribution in [0.3, 0.4) is 0 Å². The summed E-state index contributed by atoms with van der Waals surface area (Å²) in [6.07, 6.45) is 1.63. The molecule has 0 radical (unpaired) electrons. The van der Waals surface area contributed by atoms with E-state index in [1.165, 1.54) is 0 Å². The maximum Gasteiger partial charge on any atom is 0.231 e. The van der Waals surface area contributed by atoms with Crippen molar-refractivity contribution in [3.8, 4) is 17.2 Å². The van der Waals surface area contributed by atoms with Gasteiger partial charge in [-0.05, 0) is 30.5 Å². The molecule has 1 heterocycles. The molecule has 0 saturated carbocycles. The number of hydrogen-bond donors (Lipinski definition) is 3. The van der Waals surface area contributed by atoms with Crippen molar-refractivity contribution in [2.24, 2.45) is 5.73 Å². The van der Waals surface area contributed by atoms with Crippen LogP contribution in [-0.4, -0.2) is 38.2 Å². The van der Waals surface area contributed by atoms with Gasteiger partial charge in [-0.3, -0.25) is 0 Å². The second kappa shape index (κ2) is 7.49. The van der Waals surface area contributed by atoms with E-state index in [1.54, 1.807) is 7.11 Å². The molecule has 118 valence electrons. The number of rotatable bonds is 8. The van der Waals surface area contributed by atoms with Gasteiger partial charge in [0.2, 0.25) is 12.5 Å². The van der Waals surface area contributed by atoms with E-state index in [9.17, 15) is 0 Å². The number of nitrogens with one attached hydrogen (secondary N) is 1. The summed E-state index contributed by atoms with van der Waals surface area (Å²) >= 11 is 0. The zero-order chi connectivity index (χ0) is 15.2. The summed E-state index contributed by atoms with van der Waals surface area (Å²) in [6.45, 7) is 2.90. The normalized spacial score (nSPS) is 15.8. The average molecular weight is 296 g/mol. The Kier molecular flexibility index (Phi) is 5.67. The highest BCUT2D eigenvalue weighted by Crippen LogP contribution is 2.42. The van der Waals surface area contributed by atoms with Crippen LogP contribution >= 0.6 is 0 Å². The highest BCUT2D eigenvalue weighted by atomic mass is 16.7. The lowest BCUT2D eigenvalue weighted by Crippen LogP contribution is -2.37. The Morgan fingerprint density at radius 2 is 2.24 bits per heavy atom. The molecule has 1 aromatic carbocycles. The van der Waals surface area contributed by atoms with Crippen LogP contribution in [0, 0.1) is 0 Å². The molecule has 1 aliphatic rings. The lowest BCUT2D eigenvalue weighted by atomic mass is 10.0. The smallest absolute Gasteiger partial charge is 0.231 e. The first-order chi connectivity index (χ1) is 10.2. The largest absolute Gasteiger partial charge is 0.493 e. The zero-order valence-electron chi connectivity index (χ0n) is 12.6. The van der Waals surface area contributed by atoms with Crippen molar-refractivity contribution >= 4 is 0 Å². The molecular formula is C15H24N2O4. The van der Waals surface area contributed by atoms with Crippen LogP contribution in [0.1, 0.15) is 31.4 Å². The first-order valence-corrected chi connectivity index (χ1v) is 7.28. The molecule has 0 aromatic heterocycles. The Morgan fingerprint density at radius 3 is 2.86 bits per heavy atom. The van der Waals surface area contributed by atoms with Gasteiger partial charge in [-0.25, -0.2) is 0 Å². The van der Waals surface area contributed by atoms with Gasteiger partial charge in [0, 0.05) is 25.2 Å². The Balaban J connectivity index is 2.21. The van der Waals surface area contributed by atoms with Crippen LogP contribution in [0.25, 0.3) is 0 Å². The third-order valence-electron chi connectivity index (χ3n) is 3.73. The Labute approximate surface area is 125 Å². The van der Waals surface area contributed by atoms with Crippen molar-refractivity contribution in [3.05, 3.63) is 17.7 Å². The van der Waals surface area contributed by atoms with Gasteiger partial charge in [0.05, 0.1) is 7.11 Å². The number of aliphatic hydroxyl groups excluding tert-OH is 1. The van der Waals surface area contributed by atoms with E-state index in [0.717, 1.165) is 12.0 Å². The summed E-state index contributed by atoms with van der Waals surface area (Å²) in [7, 11) is 1.60. The van der Waals surface area contributed by atoms with Gasteiger partial charge >= 0.3 is 0 Å². The quantitative estimate of drug-likeness (QED) is 0.668. The van der Waals surface area contributed by atoms with Gasteiger partial charge in [-0.1, -0.05) is 6.92 Å². The predicted octanol–water partition coefficient (Wildman–Crippen LogP) is 1.17.